The number of aliphatic hydroxyl groups excluding tert-OH is 1. The fraction of sp³-hybridized carbons (Fsp3) is 0.238. The zero-order valence-electron chi connectivity index (χ0n) is 15.6. The van der Waals surface area contributed by atoms with Crippen molar-refractivity contribution in [3.05, 3.63) is 65.2 Å². The molecule has 0 saturated carbocycles. The van der Waals surface area contributed by atoms with Crippen LogP contribution >= 0.6 is 0 Å². The molecule has 0 aliphatic carbocycles. The van der Waals surface area contributed by atoms with Gasteiger partial charge in [0.15, 0.2) is 0 Å². The molecule has 2 N–H and O–H groups in total. The van der Waals surface area contributed by atoms with Crippen LogP contribution in [0.15, 0.2) is 54.1 Å². The smallest absolute Gasteiger partial charge is 0.295 e. The van der Waals surface area contributed by atoms with Crippen LogP contribution in [0.1, 0.15) is 17.2 Å². The van der Waals surface area contributed by atoms with Crippen molar-refractivity contribution in [3.63, 3.8) is 0 Å². The van der Waals surface area contributed by atoms with Crippen LogP contribution in [0, 0.1) is 0 Å². The third-order valence-corrected chi connectivity index (χ3v) is 4.63. The molecule has 1 aliphatic heterocycles. The minimum atomic E-state index is -0.829. The third kappa shape index (κ3) is 3.57. The molecule has 146 valence electrons. The highest BCUT2D eigenvalue weighted by Gasteiger charge is 2.45. The summed E-state index contributed by atoms with van der Waals surface area (Å²) in [6.07, 6.45) is 0. The summed E-state index contributed by atoms with van der Waals surface area (Å²) in [4.78, 5) is 26.7. The van der Waals surface area contributed by atoms with Gasteiger partial charge in [-0.1, -0.05) is 12.1 Å². The highest BCUT2D eigenvalue weighted by Crippen LogP contribution is 2.40. The Morgan fingerprint density at radius 3 is 2.43 bits per heavy atom. The molecule has 1 amide bonds. The van der Waals surface area contributed by atoms with Crippen LogP contribution < -0.4 is 4.74 Å². The number of amides is 1. The van der Waals surface area contributed by atoms with Gasteiger partial charge in [-0.25, -0.2) is 0 Å². The number of carbonyl (C=O) groups excluding carboxylic acids is 2. The normalized spacial score (nSPS) is 18.5. The van der Waals surface area contributed by atoms with Crippen LogP contribution in [0.4, 0.5) is 0 Å². The van der Waals surface area contributed by atoms with E-state index in [9.17, 15) is 19.8 Å². The van der Waals surface area contributed by atoms with Crippen molar-refractivity contribution in [2.45, 2.75) is 6.04 Å². The monoisotopic (exact) mass is 383 g/mol. The number of Topliss-reactive ketones (excluding diaryl/α,β-unsaturated/α-hetero) is 1. The predicted molar refractivity (Wildman–Crippen MR) is 102 cm³/mol. The molecule has 2 aromatic carbocycles. The maximum absolute atomic E-state index is 12.7. The minimum Gasteiger partial charge on any atom is -0.508 e. The number of ether oxygens (including phenoxy) is 2. The number of aromatic hydroxyl groups is 1. The fourth-order valence-electron chi connectivity index (χ4n) is 3.25. The second-order valence-electron chi connectivity index (χ2n) is 6.31. The molecule has 28 heavy (non-hydrogen) atoms. The Morgan fingerprint density at radius 1 is 1.11 bits per heavy atom. The topological polar surface area (TPSA) is 96.3 Å². The molecule has 3 rings (SSSR count). The number of rotatable bonds is 6. The van der Waals surface area contributed by atoms with Crippen LogP contribution in [0.2, 0.25) is 0 Å². The molecule has 7 heteroatoms. The van der Waals surface area contributed by atoms with Gasteiger partial charge in [-0.2, -0.15) is 0 Å². The summed E-state index contributed by atoms with van der Waals surface area (Å²) in [7, 11) is 3.02. The largest absolute Gasteiger partial charge is 0.508 e. The SMILES string of the molecule is COCCN1C(=O)C(=O)C(=C(O)c2ccc(OC)cc2)[C@H]1c1cccc(O)c1. The van der Waals surface area contributed by atoms with Crippen molar-refractivity contribution < 1.29 is 29.3 Å². The highest BCUT2D eigenvalue weighted by molar-refractivity contribution is 6.46. The van der Waals surface area contributed by atoms with Gasteiger partial charge in [0.25, 0.3) is 11.7 Å². The summed E-state index contributed by atoms with van der Waals surface area (Å²) in [5.74, 6) is -1.19. The van der Waals surface area contributed by atoms with Crippen molar-refractivity contribution in [2.75, 3.05) is 27.4 Å². The lowest BCUT2D eigenvalue weighted by Crippen LogP contribution is -2.32. The van der Waals surface area contributed by atoms with Crippen LogP contribution in [-0.2, 0) is 14.3 Å². The first-order valence-electron chi connectivity index (χ1n) is 8.68. The van der Waals surface area contributed by atoms with Crippen LogP contribution in [0.3, 0.4) is 0 Å². The van der Waals surface area contributed by atoms with E-state index in [2.05, 4.69) is 0 Å². The van der Waals surface area contributed by atoms with E-state index in [1.165, 1.54) is 31.3 Å². The predicted octanol–water partition coefficient (Wildman–Crippen LogP) is 2.47. The van der Waals surface area contributed by atoms with E-state index in [0.717, 1.165) is 0 Å². The number of methoxy groups -OCH3 is 2. The third-order valence-electron chi connectivity index (χ3n) is 4.63. The van der Waals surface area contributed by atoms with Gasteiger partial charge < -0.3 is 24.6 Å². The zero-order chi connectivity index (χ0) is 20.3. The number of phenolic OH excluding ortho intramolecular Hbond substituents is 1. The molecule has 7 nitrogen and oxygen atoms in total. The van der Waals surface area contributed by atoms with Gasteiger partial charge in [-0.3, -0.25) is 9.59 Å². The maximum Gasteiger partial charge on any atom is 0.295 e. The number of likely N-dealkylation sites (tertiary alicyclic amines) is 1. The van der Waals surface area contributed by atoms with Gasteiger partial charge >= 0.3 is 0 Å². The van der Waals surface area contributed by atoms with E-state index in [1.54, 1.807) is 36.4 Å². The number of benzene rings is 2. The van der Waals surface area contributed by atoms with Gasteiger partial charge in [0.1, 0.15) is 17.3 Å². The van der Waals surface area contributed by atoms with E-state index in [1.807, 2.05) is 0 Å². The molecule has 0 unspecified atom stereocenters. The van der Waals surface area contributed by atoms with Crippen molar-refractivity contribution in [1.29, 1.82) is 0 Å². The lowest BCUT2D eigenvalue weighted by molar-refractivity contribution is -0.140. The Morgan fingerprint density at radius 2 is 1.82 bits per heavy atom. The standard InChI is InChI=1S/C21H21NO6/c1-27-11-10-22-18(14-4-3-5-15(23)12-14)17(20(25)21(22)26)19(24)13-6-8-16(28-2)9-7-13/h3-9,12,18,23-24H,10-11H2,1-2H3/t18-/m1/s1. The summed E-state index contributed by atoms with van der Waals surface area (Å²) >= 11 is 0. The summed E-state index contributed by atoms with van der Waals surface area (Å²) < 4.78 is 10.2. The summed E-state index contributed by atoms with van der Waals surface area (Å²) in [6, 6.07) is 12.0. The first kappa shape index (κ1) is 19.4. The number of aliphatic hydroxyl groups is 1. The van der Waals surface area contributed by atoms with Crippen LogP contribution in [-0.4, -0.2) is 54.2 Å². The molecule has 1 aliphatic rings. The van der Waals surface area contributed by atoms with Gasteiger partial charge in [-0.05, 0) is 42.0 Å². The number of phenols is 1. The zero-order valence-corrected chi connectivity index (χ0v) is 15.6. The molecule has 1 saturated heterocycles. The number of hydrogen-bond acceptors (Lipinski definition) is 6. The van der Waals surface area contributed by atoms with Crippen molar-refractivity contribution in [1.82, 2.24) is 4.90 Å². The van der Waals surface area contributed by atoms with E-state index in [4.69, 9.17) is 9.47 Å². The quantitative estimate of drug-likeness (QED) is 0.452. The molecule has 2 aromatic rings. The summed E-state index contributed by atoms with van der Waals surface area (Å²) in [5, 5.41) is 20.7. The van der Waals surface area contributed by atoms with Crippen molar-refractivity contribution in [2.24, 2.45) is 0 Å². The Hall–Kier alpha value is -3.32. The first-order chi connectivity index (χ1) is 13.5. The Kier molecular flexibility index (Phi) is 5.65. The average Bonchev–Trinajstić information content (AvgIpc) is 2.96. The molecule has 0 spiro atoms. The second kappa shape index (κ2) is 8.14. The molecular weight excluding hydrogens is 362 g/mol. The lowest BCUT2D eigenvalue weighted by Gasteiger charge is -2.25. The van der Waals surface area contributed by atoms with E-state index >= 15 is 0 Å². The molecule has 0 aromatic heterocycles. The molecule has 1 heterocycles. The Bertz CT molecular complexity index is 919. The number of hydrogen-bond donors (Lipinski definition) is 2. The number of ketones is 1. The van der Waals surface area contributed by atoms with Crippen LogP contribution in [0.25, 0.3) is 5.76 Å². The molecular formula is C21H21NO6. The lowest BCUT2D eigenvalue weighted by atomic mass is 9.95. The molecule has 1 atom stereocenters. The number of nitrogens with zero attached hydrogens (tertiary/aromatic N) is 1. The second-order valence-corrected chi connectivity index (χ2v) is 6.31. The highest BCUT2D eigenvalue weighted by atomic mass is 16.5. The Balaban J connectivity index is 2.14. The van der Waals surface area contributed by atoms with Gasteiger partial charge in [-0.15, -0.1) is 0 Å². The van der Waals surface area contributed by atoms with Gasteiger partial charge in [0.05, 0.1) is 25.3 Å². The number of carbonyl (C=O) groups is 2. The van der Waals surface area contributed by atoms with Gasteiger partial charge in [0, 0.05) is 19.2 Å². The molecule has 1 fully saturated rings. The minimum absolute atomic E-state index is 0.000670. The van der Waals surface area contributed by atoms with Gasteiger partial charge in [0.2, 0.25) is 0 Å². The van der Waals surface area contributed by atoms with Crippen molar-refractivity contribution in [3.8, 4) is 11.5 Å². The first-order valence-corrected chi connectivity index (χ1v) is 8.68. The van der Waals surface area contributed by atoms with E-state index < -0.39 is 17.7 Å². The average molecular weight is 383 g/mol. The molecule has 0 radical (unpaired) electrons. The summed E-state index contributed by atoms with van der Waals surface area (Å²) in [5.41, 5.74) is 0.873. The summed E-state index contributed by atoms with van der Waals surface area (Å²) in [6.45, 7) is 0.395. The Labute approximate surface area is 162 Å². The van der Waals surface area contributed by atoms with Crippen molar-refractivity contribution >= 4 is 17.4 Å². The van der Waals surface area contributed by atoms with Crippen LogP contribution in [0.5, 0.6) is 11.5 Å². The fourth-order valence-corrected chi connectivity index (χ4v) is 3.25. The maximum atomic E-state index is 12.7. The van der Waals surface area contributed by atoms with E-state index in [-0.39, 0.29) is 30.2 Å². The molecule has 0 bridgehead atoms. The van der Waals surface area contributed by atoms with E-state index in [0.29, 0.717) is 16.9 Å².